The summed E-state index contributed by atoms with van der Waals surface area (Å²) >= 11 is 0. The first-order valence-corrected chi connectivity index (χ1v) is 3.63. The standard InChI is InChI=1S/C8H12N4/c1-4-10-8-7(9)5(2)11-6(3)12-8/h4H,1,9H2,2-3H3,(H,10,11,12). The van der Waals surface area contributed by atoms with Crippen molar-refractivity contribution in [2.45, 2.75) is 13.8 Å². The summed E-state index contributed by atoms with van der Waals surface area (Å²) in [5.74, 6) is 1.32. The van der Waals surface area contributed by atoms with E-state index in [1.807, 2.05) is 13.8 Å². The lowest BCUT2D eigenvalue weighted by Crippen LogP contribution is -2.04. The smallest absolute Gasteiger partial charge is 0.157 e. The van der Waals surface area contributed by atoms with Crippen LogP contribution in [0.2, 0.25) is 0 Å². The SMILES string of the molecule is C=CNc1nc(C)nc(C)c1N. The topological polar surface area (TPSA) is 63.8 Å². The average Bonchev–Trinajstić information content (AvgIpc) is 2.00. The van der Waals surface area contributed by atoms with E-state index in [0.717, 1.165) is 5.69 Å². The van der Waals surface area contributed by atoms with E-state index >= 15 is 0 Å². The number of nitrogens with zero attached hydrogens (tertiary/aromatic N) is 2. The number of anilines is 2. The van der Waals surface area contributed by atoms with Crippen LogP contribution in [0, 0.1) is 13.8 Å². The molecular weight excluding hydrogens is 152 g/mol. The largest absolute Gasteiger partial charge is 0.394 e. The van der Waals surface area contributed by atoms with E-state index in [1.165, 1.54) is 6.20 Å². The van der Waals surface area contributed by atoms with Crippen LogP contribution in [0.1, 0.15) is 11.5 Å². The molecule has 0 aliphatic carbocycles. The Morgan fingerprint density at radius 1 is 1.42 bits per heavy atom. The monoisotopic (exact) mass is 164 g/mol. The summed E-state index contributed by atoms with van der Waals surface area (Å²) in [4.78, 5) is 8.21. The molecule has 0 aliphatic rings. The predicted octanol–water partition coefficient (Wildman–Crippen LogP) is 1.23. The molecule has 3 N–H and O–H groups in total. The van der Waals surface area contributed by atoms with E-state index in [0.29, 0.717) is 17.3 Å². The van der Waals surface area contributed by atoms with Gasteiger partial charge < -0.3 is 11.1 Å². The van der Waals surface area contributed by atoms with Gasteiger partial charge in [-0.25, -0.2) is 9.97 Å². The van der Waals surface area contributed by atoms with Gasteiger partial charge in [0.1, 0.15) is 5.82 Å². The molecule has 1 rings (SSSR count). The van der Waals surface area contributed by atoms with Crippen LogP contribution in [0.4, 0.5) is 11.5 Å². The molecule has 1 heterocycles. The Bertz CT molecular complexity index is 306. The lowest BCUT2D eigenvalue weighted by molar-refractivity contribution is 1.02. The molecule has 0 saturated carbocycles. The number of hydrogen-bond donors (Lipinski definition) is 2. The Morgan fingerprint density at radius 3 is 2.67 bits per heavy atom. The molecule has 0 aromatic carbocycles. The van der Waals surface area contributed by atoms with Crippen LogP contribution in [-0.2, 0) is 0 Å². The fourth-order valence-corrected chi connectivity index (χ4v) is 0.928. The van der Waals surface area contributed by atoms with Crippen molar-refractivity contribution in [2.75, 3.05) is 11.1 Å². The summed E-state index contributed by atoms with van der Waals surface area (Å²) in [6, 6.07) is 0. The zero-order valence-corrected chi connectivity index (χ0v) is 7.26. The number of hydrogen-bond acceptors (Lipinski definition) is 4. The third-order valence-corrected chi connectivity index (χ3v) is 1.49. The molecule has 0 amide bonds. The Labute approximate surface area is 71.5 Å². The summed E-state index contributed by atoms with van der Waals surface area (Å²) in [6.07, 6.45) is 1.54. The summed E-state index contributed by atoms with van der Waals surface area (Å²) in [6.45, 7) is 7.20. The third-order valence-electron chi connectivity index (χ3n) is 1.49. The number of nitrogen functional groups attached to an aromatic ring is 1. The van der Waals surface area contributed by atoms with E-state index < -0.39 is 0 Å². The van der Waals surface area contributed by atoms with Gasteiger partial charge in [-0.3, -0.25) is 0 Å². The zero-order chi connectivity index (χ0) is 9.14. The van der Waals surface area contributed by atoms with Crippen molar-refractivity contribution in [3.63, 3.8) is 0 Å². The Hall–Kier alpha value is -1.58. The number of rotatable bonds is 2. The van der Waals surface area contributed by atoms with Gasteiger partial charge in [0.2, 0.25) is 0 Å². The van der Waals surface area contributed by atoms with Crippen LogP contribution in [0.15, 0.2) is 12.8 Å². The van der Waals surface area contributed by atoms with Gasteiger partial charge in [0, 0.05) is 0 Å². The second-order valence-electron chi connectivity index (χ2n) is 2.47. The highest BCUT2D eigenvalue weighted by atomic mass is 15.0. The number of nitrogens with one attached hydrogen (secondary N) is 1. The Balaban J connectivity index is 3.17. The fraction of sp³-hybridized carbons (Fsp3) is 0.250. The van der Waals surface area contributed by atoms with Gasteiger partial charge in [-0.15, -0.1) is 0 Å². The Kier molecular flexibility index (Phi) is 2.28. The van der Waals surface area contributed by atoms with Crippen LogP contribution in [0.25, 0.3) is 0 Å². The van der Waals surface area contributed by atoms with Crippen LogP contribution < -0.4 is 11.1 Å². The molecular formula is C8H12N4. The maximum atomic E-state index is 5.70. The molecule has 0 unspecified atom stereocenters. The van der Waals surface area contributed by atoms with Crippen molar-refractivity contribution in [1.29, 1.82) is 0 Å². The minimum absolute atomic E-state index is 0.570. The first-order chi connectivity index (χ1) is 5.65. The highest BCUT2D eigenvalue weighted by molar-refractivity contribution is 5.64. The third kappa shape index (κ3) is 1.53. The van der Waals surface area contributed by atoms with Crippen molar-refractivity contribution in [3.8, 4) is 0 Å². The highest BCUT2D eigenvalue weighted by Crippen LogP contribution is 2.17. The molecule has 0 aliphatic heterocycles. The number of nitrogens with two attached hydrogens (primary N) is 1. The van der Waals surface area contributed by atoms with Crippen molar-refractivity contribution in [1.82, 2.24) is 9.97 Å². The van der Waals surface area contributed by atoms with Gasteiger partial charge in [-0.2, -0.15) is 0 Å². The normalized spacial score (nSPS) is 9.50. The molecule has 4 heteroatoms. The predicted molar refractivity (Wildman–Crippen MR) is 49.7 cm³/mol. The van der Waals surface area contributed by atoms with Crippen LogP contribution >= 0.6 is 0 Å². The summed E-state index contributed by atoms with van der Waals surface area (Å²) in [5, 5.41) is 2.85. The van der Waals surface area contributed by atoms with E-state index in [2.05, 4.69) is 21.9 Å². The van der Waals surface area contributed by atoms with E-state index in [4.69, 9.17) is 5.73 Å². The first-order valence-electron chi connectivity index (χ1n) is 3.63. The lowest BCUT2D eigenvalue weighted by Gasteiger charge is -2.06. The minimum atomic E-state index is 0.570. The number of aryl methyl sites for hydroxylation is 2. The molecule has 1 aromatic rings. The minimum Gasteiger partial charge on any atom is -0.394 e. The van der Waals surface area contributed by atoms with Gasteiger partial charge in [-0.05, 0) is 20.0 Å². The van der Waals surface area contributed by atoms with Crippen molar-refractivity contribution < 1.29 is 0 Å². The van der Waals surface area contributed by atoms with Gasteiger partial charge in [0.05, 0.1) is 11.4 Å². The van der Waals surface area contributed by atoms with Crippen molar-refractivity contribution in [2.24, 2.45) is 0 Å². The van der Waals surface area contributed by atoms with Crippen LogP contribution in [-0.4, -0.2) is 9.97 Å². The van der Waals surface area contributed by atoms with Gasteiger partial charge in [-0.1, -0.05) is 6.58 Å². The maximum Gasteiger partial charge on any atom is 0.157 e. The molecule has 0 radical (unpaired) electrons. The summed E-state index contributed by atoms with van der Waals surface area (Å²) in [7, 11) is 0. The molecule has 0 atom stereocenters. The molecule has 64 valence electrons. The summed E-state index contributed by atoms with van der Waals surface area (Å²) in [5.41, 5.74) is 7.06. The van der Waals surface area contributed by atoms with Gasteiger partial charge >= 0.3 is 0 Å². The van der Waals surface area contributed by atoms with Crippen molar-refractivity contribution in [3.05, 3.63) is 24.3 Å². The second kappa shape index (κ2) is 3.21. The molecule has 0 spiro atoms. The quantitative estimate of drug-likeness (QED) is 0.690. The van der Waals surface area contributed by atoms with E-state index in [1.54, 1.807) is 0 Å². The average molecular weight is 164 g/mol. The fourth-order valence-electron chi connectivity index (χ4n) is 0.928. The first kappa shape index (κ1) is 8.52. The highest BCUT2D eigenvalue weighted by Gasteiger charge is 2.03. The number of aromatic nitrogens is 2. The lowest BCUT2D eigenvalue weighted by atomic mass is 10.3. The summed E-state index contributed by atoms with van der Waals surface area (Å²) < 4.78 is 0. The molecule has 1 aromatic heterocycles. The molecule has 0 saturated heterocycles. The second-order valence-corrected chi connectivity index (χ2v) is 2.47. The van der Waals surface area contributed by atoms with Crippen molar-refractivity contribution >= 4 is 11.5 Å². The maximum absolute atomic E-state index is 5.70. The molecule has 4 nitrogen and oxygen atoms in total. The van der Waals surface area contributed by atoms with E-state index in [-0.39, 0.29) is 0 Å². The van der Waals surface area contributed by atoms with Gasteiger partial charge in [0.25, 0.3) is 0 Å². The van der Waals surface area contributed by atoms with E-state index in [9.17, 15) is 0 Å². The Morgan fingerprint density at radius 2 is 2.08 bits per heavy atom. The molecule has 0 fully saturated rings. The van der Waals surface area contributed by atoms with Crippen LogP contribution in [0.3, 0.4) is 0 Å². The van der Waals surface area contributed by atoms with Crippen LogP contribution in [0.5, 0.6) is 0 Å². The molecule has 0 bridgehead atoms. The zero-order valence-electron chi connectivity index (χ0n) is 7.26. The van der Waals surface area contributed by atoms with Gasteiger partial charge in [0.15, 0.2) is 5.82 Å². The molecule has 12 heavy (non-hydrogen) atoms.